The van der Waals surface area contributed by atoms with Gasteiger partial charge in [0.1, 0.15) is 16.5 Å². The van der Waals surface area contributed by atoms with Crippen molar-refractivity contribution in [3.8, 4) is 39.9 Å². The van der Waals surface area contributed by atoms with Crippen LogP contribution in [0.25, 0.3) is 141 Å². The Bertz CT molecular complexity index is 5030. The van der Waals surface area contributed by atoms with Crippen LogP contribution in [-0.2, 0) is 0 Å². The quantitative estimate of drug-likeness (QED) is 0.172. The number of pyridine rings is 1. The first-order valence-electron chi connectivity index (χ1n) is 26.3. The van der Waals surface area contributed by atoms with E-state index in [4.69, 9.17) is 4.98 Å². The second kappa shape index (κ2) is 16.1. The molecule has 0 unspecified atom stereocenters. The van der Waals surface area contributed by atoms with E-state index in [1.54, 1.807) is 11.3 Å². The number of benzene rings is 10. The van der Waals surface area contributed by atoms with Crippen LogP contribution in [-0.4, -0.2) is 23.3 Å². The molecule has 0 radical (unpaired) electrons. The maximum Gasteiger partial charge on any atom is 0.124 e. The summed E-state index contributed by atoms with van der Waals surface area (Å²) < 4.78 is 11.0. The molecule has 0 bridgehead atoms. The van der Waals surface area contributed by atoms with Crippen molar-refractivity contribution in [1.29, 1.82) is 5.26 Å². The van der Waals surface area contributed by atoms with Gasteiger partial charge in [0.25, 0.3) is 0 Å². The number of aryl methyl sites for hydroxylation is 4. The fourth-order valence-electron chi connectivity index (χ4n) is 13.5. The van der Waals surface area contributed by atoms with Gasteiger partial charge in [-0.05, 0) is 111 Å². The van der Waals surface area contributed by atoms with Gasteiger partial charge in [-0.3, -0.25) is 0 Å². The smallest absolute Gasteiger partial charge is 0.124 e. The van der Waals surface area contributed by atoms with Gasteiger partial charge in [0, 0.05) is 75.9 Å². The lowest BCUT2D eigenvalue weighted by Gasteiger charge is -2.29. The lowest BCUT2D eigenvalue weighted by molar-refractivity contribution is 1.04. The van der Waals surface area contributed by atoms with E-state index < -0.39 is 0 Å². The molecule has 16 rings (SSSR count). The Morgan fingerprint density at radius 3 is 1.09 bits per heavy atom. The lowest BCUT2D eigenvalue weighted by atomic mass is 9.92. The fourth-order valence-corrected chi connectivity index (χ4v) is 14.7. The number of rotatable bonds is 5. The van der Waals surface area contributed by atoms with E-state index in [-0.39, 0.29) is 0 Å². The molecular weight excluding hydrogens is 957 g/mol. The molecule has 0 saturated heterocycles. The van der Waals surface area contributed by atoms with E-state index in [2.05, 4.69) is 246 Å². The zero-order valence-electron chi connectivity index (χ0n) is 42.7. The summed E-state index contributed by atoms with van der Waals surface area (Å²) in [6, 6.07) is 76.0. The van der Waals surface area contributed by atoms with E-state index >= 15 is 0 Å². The summed E-state index contributed by atoms with van der Waals surface area (Å²) in [5.74, 6) is 0. The number of hydrogen-bond acceptors (Lipinski definition) is 3. The molecule has 0 aliphatic heterocycles. The average Bonchev–Trinajstić information content (AvgIpc) is 4.18. The number of para-hydroxylation sites is 4. The summed E-state index contributed by atoms with van der Waals surface area (Å²) in [4.78, 5) is 6.01. The number of fused-ring (bicyclic) bond motifs is 15. The molecule has 6 nitrogen and oxygen atoms in total. The third-order valence-corrected chi connectivity index (χ3v) is 17.7. The van der Waals surface area contributed by atoms with Gasteiger partial charge < -0.3 is 18.3 Å². The summed E-state index contributed by atoms with van der Waals surface area (Å²) in [6.45, 7) is 8.87. The van der Waals surface area contributed by atoms with Crippen molar-refractivity contribution in [3.63, 3.8) is 0 Å². The minimum Gasteiger partial charge on any atom is -0.306 e. The summed E-state index contributed by atoms with van der Waals surface area (Å²) in [7, 11) is 0. The SMILES string of the molecule is Cc1cccc2c1c1ccccc1n2-c1c(C#N)c(-n2c3ccccc3c3c(C)cccc32)c(-n2c3ccccc3c3c(C)cccc32)c(-c2cccc3c2sc2ncccc23)c1-n1c2ccccc2c2c(C)cccc21. The molecule has 0 atom stereocenters. The number of nitriles is 1. The molecule has 0 aliphatic rings. The Kier molecular flexibility index (Phi) is 9.14. The highest BCUT2D eigenvalue weighted by Gasteiger charge is 2.36. The second-order valence-electron chi connectivity index (χ2n) is 20.7. The van der Waals surface area contributed by atoms with Crippen LogP contribution in [0.2, 0.25) is 0 Å². The largest absolute Gasteiger partial charge is 0.306 e. The van der Waals surface area contributed by atoms with Gasteiger partial charge >= 0.3 is 0 Å². The van der Waals surface area contributed by atoms with E-state index in [0.717, 1.165) is 131 Å². The van der Waals surface area contributed by atoms with Gasteiger partial charge in [-0.1, -0.05) is 140 Å². The Morgan fingerprint density at radius 2 is 0.688 bits per heavy atom. The van der Waals surface area contributed by atoms with Gasteiger partial charge in [0.2, 0.25) is 0 Å². The minimum absolute atomic E-state index is 0.550. The van der Waals surface area contributed by atoms with Crippen LogP contribution in [0.4, 0.5) is 0 Å². The molecule has 0 saturated carbocycles. The maximum atomic E-state index is 13.0. The molecule has 0 amide bonds. The van der Waals surface area contributed by atoms with Crippen molar-refractivity contribution < 1.29 is 0 Å². The van der Waals surface area contributed by atoms with Crippen LogP contribution in [0, 0.1) is 39.0 Å². The third kappa shape index (κ3) is 5.80. The van der Waals surface area contributed by atoms with Crippen molar-refractivity contribution in [2.45, 2.75) is 27.7 Å². The molecule has 16 aromatic rings. The maximum absolute atomic E-state index is 13.0. The Labute approximate surface area is 446 Å². The summed E-state index contributed by atoms with van der Waals surface area (Å²) >= 11 is 1.74. The highest BCUT2D eigenvalue weighted by atomic mass is 32.1. The van der Waals surface area contributed by atoms with Crippen molar-refractivity contribution in [2.24, 2.45) is 0 Å². The van der Waals surface area contributed by atoms with Crippen LogP contribution in [0.15, 0.2) is 206 Å². The summed E-state index contributed by atoms with van der Waals surface area (Å²) in [5.41, 5.74) is 19.0. The first-order valence-corrected chi connectivity index (χ1v) is 27.1. The molecule has 362 valence electrons. The Hall–Kier alpha value is -9.74. The number of thiophene rings is 1. The predicted molar refractivity (Wildman–Crippen MR) is 324 cm³/mol. The third-order valence-electron chi connectivity index (χ3n) is 16.6. The van der Waals surface area contributed by atoms with Crippen molar-refractivity contribution in [2.75, 3.05) is 0 Å². The van der Waals surface area contributed by atoms with Gasteiger partial charge in [-0.15, -0.1) is 11.3 Å². The second-order valence-corrected chi connectivity index (χ2v) is 21.7. The zero-order chi connectivity index (χ0) is 51.4. The van der Waals surface area contributed by atoms with E-state index in [0.29, 0.717) is 5.56 Å². The van der Waals surface area contributed by atoms with Crippen molar-refractivity contribution >= 4 is 119 Å². The van der Waals surface area contributed by atoms with E-state index in [1.165, 1.54) is 33.0 Å². The molecule has 6 heterocycles. The topological polar surface area (TPSA) is 56.4 Å². The first kappa shape index (κ1) is 43.6. The zero-order valence-corrected chi connectivity index (χ0v) is 43.5. The predicted octanol–water partition coefficient (Wildman–Crippen LogP) is 18.6. The van der Waals surface area contributed by atoms with Gasteiger partial charge in [-0.25, -0.2) is 4.98 Å². The number of nitrogens with zero attached hydrogens (tertiary/aromatic N) is 6. The number of aromatic nitrogens is 5. The molecule has 77 heavy (non-hydrogen) atoms. The summed E-state index contributed by atoms with van der Waals surface area (Å²) in [5, 5.41) is 24.5. The Balaban J connectivity index is 1.31. The molecule has 10 aromatic carbocycles. The van der Waals surface area contributed by atoms with E-state index in [9.17, 15) is 5.26 Å². The average molecular weight is 1000 g/mol. The van der Waals surface area contributed by atoms with E-state index in [1.807, 2.05) is 12.3 Å². The number of hydrogen-bond donors (Lipinski definition) is 0. The summed E-state index contributed by atoms with van der Waals surface area (Å²) in [6.07, 6.45) is 1.90. The fraction of sp³-hybridized carbons (Fsp3) is 0.0571. The van der Waals surface area contributed by atoms with Crippen LogP contribution >= 0.6 is 11.3 Å². The standard InChI is InChI=1S/C70H46N6S/c1-40-19-13-34-56-60(40)46-23-5-9-30-52(46)73(56)65-51(39-71)66(74-53-31-10-6-24-47(53)61-41(2)20-14-35-57(61)74)68(76-55-33-12-8-26-49(55)63-43(4)22-16-37-59(63)76)64(50-28-17-27-44-45-29-18-38-72-70(45)77-69(44)50)67(65)75-54-32-11-7-25-48(54)62-42(3)21-15-36-58(62)75/h5-38H,1-4H3. The normalized spacial score (nSPS) is 12.1. The lowest BCUT2D eigenvalue weighted by Crippen LogP contribution is -2.16. The molecule has 6 aromatic heterocycles. The Morgan fingerprint density at radius 1 is 0.351 bits per heavy atom. The van der Waals surface area contributed by atoms with Crippen molar-refractivity contribution in [3.05, 3.63) is 234 Å². The van der Waals surface area contributed by atoms with Gasteiger partial charge in [0.05, 0.1) is 66.9 Å². The molecule has 0 spiro atoms. The highest BCUT2D eigenvalue weighted by molar-refractivity contribution is 7.26. The van der Waals surface area contributed by atoms with Gasteiger partial charge in [-0.2, -0.15) is 5.26 Å². The molecule has 7 heteroatoms. The molecule has 0 fully saturated rings. The van der Waals surface area contributed by atoms with Crippen molar-refractivity contribution in [1.82, 2.24) is 23.3 Å². The minimum atomic E-state index is 0.550. The van der Waals surface area contributed by atoms with Crippen LogP contribution < -0.4 is 0 Å². The highest BCUT2D eigenvalue weighted by Crippen LogP contribution is 2.54. The van der Waals surface area contributed by atoms with Crippen LogP contribution in [0.3, 0.4) is 0 Å². The van der Waals surface area contributed by atoms with Gasteiger partial charge in [0.15, 0.2) is 0 Å². The monoisotopic (exact) mass is 1000 g/mol. The van der Waals surface area contributed by atoms with Crippen LogP contribution in [0.5, 0.6) is 0 Å². The molecular formula is C70H46N6S. The van der Waals surface area contributed by atoms with Crippen LogP contribution in [0.1, 0.15) is 27.8 Å². The molecule has 0 aliphatic carbocycles. The molecule has 0 N–H and O–H groups in total. The first-order chi connectivity index (χ1) is 37.9.